The fourth-order valence-corrected chi connectivity index (χ4v) is 1.85. The number of hydrogen-bond donors (Lipinski definition) is 2. The molecule has 1 aliphatic heterocycles. The molecule has 0 atom stereocenters. The van der Waals surface area contributed by atoms with Gasteiger partial charge in [-0.3, -0.25) is 0 Å². The Morgan fingerprint density at radius 3 is 2.40 bits per heavy atom. The average molecular weight is 214 g/mol. The molecule has 0 bridgehead atoms. The number of nitrogens with one attached hydrogen (secondary N) is 1. The Hall–Kier alpha value is -0.160. The van der Waals surface area contributed by atoms with E-state index < -0.39 is 0 Å². The summed E-state index contributed by atoms with van der Waals surface area (Å²) < 4.78 is 0. The van der Waals surface area contributed by atoms with Crippen LogP contribution < -0.4 is 11.1 Å². The van der Waals surface area contributed by atoms with Crippen LogP contribution in [0.5, 0.6) is 0 Å². The van der Waals surface area contributed by atoms with E-state index in [2.05, 4.69) is 22.2 Å². The predicted octanol–water partition coefficient (Wildman–Crippen LogP) is -0.438. The Morgan fingerprint density at radius 1 is 1.07 bits per heavy atom. The first-order valence-electron chi connectivity index (χ1n) is 6.14. The van der Waals surface area contributed by atoms with E-state index in [1.165, 1.54) is 39.1 Å². The lowest BCUT2D eigenvalue weighted by atomic mass is 10.3. The van der Waals surface area contributed by atoms with Gasteiger partial charge < -0.3 is 20.9 Å². The second kappa shape index (κ2) is 8.05. The summed E-state index contributed by atoms with van der Waals surface area (Å²) in [6.07, 6.45) is 2.35. The molecule has 0 aromatic rings. The van der Waals surface area contributed by atoms with Gasteiger partial charge in [0.2, 0.25) is 0 Å². The lowest BCUT2D eigenvalue weighted by Crippen LogP contribution is -2.45. The van der Waals surface area contributed by atoms with Crippen molar-refractivity contribution in [2.45, 2.75) is 12.8 Å². The van der Waals surface area contributed by atoms with E-state index in [1.54, 1.807) is 0 Å². The lowest BCUT2D eigenvalue weighted by molar-refractivity contribution is 0.153. The van der Waals surface area contributed by atoms with Crippen LogP contribution in [0.3, 0.4) is 0 Å². The summed E-state index contributed by atoms with van der Waals surface area (Å²) in [5, 5.41) is 3.42. The molecule has 0 spiro atoms. The van der Waals surface area contributed by atoms with E-state index in [0.29, 0.717) is 0 Å². The smallest absolute Gasteiger partial charge is 0.0110 e. The molecule has 0 amide bonds. The zero-order valence-electron chi connectivity index (χ0n) is 10.0. The molecule has 0 aliphatic carbocycles. The summed E-state index contributed by atoms with van der Waals surface area (Å²) in [5.74, 6) is 0. The van der Waals surface area contributed by atoms with Gasteiger partial charge in [0, 0.05) is 26.2 Å². The number of likely N-dealkylation sites (N-methyl/N-ethyl adjacent to an activating group) is 1. The molecule has 15 heavy (non-hydrogen) atoms. The van der Waals surface area contributed by atoms with Crippen LogP contribution in [0.25, 0.3) is 0 Å². The minimum atomic E-state index is 0.797. The molecule has 90 valence electrons. The molecule has 0 radical (unpaired) electrons. The Bertz CT molecular complexity index is 144. The Morgan fingerprint density at radius 2 is 1.73 bits per heavy atom. The third-order valence-electron chi connectivity index (χ3n) is 2.98. The van der Waals surface area contributed by atoms with Crippen LogP contribution in [0.4, 0.5) is 0 Å². The van der Waals surface area contributed by atoms with Crippen molar-refractivity contribution in [2.75, 3.05) is 59.4 Å². The molecule has 1 heterocycles. The Labute approximate surface area is 93.8 Å². The van der Waals surface area contributed by atoms with Crippen molar-refractivity contribution in [2.24, 2.45) is 5.73 Å². The zero-order chi connectivity index (χ0) is 10.9. The largest absolute Gasteiger partial charge is 0.330 e. The molecule has 3 N–H and O–H groups in total. The van der Waals surface area contributed by atoms with E-state index in [9.17, 15) is 0 Å². The molecule has 0 unspecified atom stereocenters. The van der Waals surface area contributed by atoms with Crippen LogP contribution in [-0.2, 0) is 0 Å². The number of nitrogens with zero attached hydrogens (tertiary/aromatic N) is 2. The monoisotopic (exact) mass is 214 g/mol. The maximum atomic E-state index is 5.42. The van der Waals surface area contributed by atoms with Gasteiger partial charge in [0.1, 0.15) is 0 Å². The van der Waals surface area contributed by atoms with Gasteiger partial charge >= 0.3 is 0 Å². The van der Waals surface area contributed by atoms with E-state index in [1.807, 2.05) is 0 Å². The van der Waals surface area contributed by atoms with Crippen molar-refractivity contribution in [3.8, 4) is 0 Å². The lowest BCUT2D eigenvalue weighted by Gasteiger charge is -2.32. The summed E-state index contributed by atoms with van der Waals surface area (Å²) in [6, 6.07) is 0. The second-order valence-electron chi connectivity index (χ2n) is 4.39. The standard InChI is InChI=1S/C11H26N4/c1-14-8-10-15(11-9-14)7-3-6-13-5-2-4-12/h13H,2-12H2,1H3. The van der Waals surface area contributed by atoms with Gasteiger partial charge in [0.15, 0.2) is 0 Å². The molecule has 1 fully saturated rings. The average Bonchev–Trinajstić information content (AvgIpc) is 2.26. The molecular formula is C11H26N4. The fourth-order valence-electron chi connectivity index (χ4n) is 1.85. The third-order valence-corrected chi connectivity index (χ3v) is 2.98. The van der Waals surface area contributed by atoms with Crippen molar-refractivity contribution >= 4 is 0 Å². The highest BCUT2D eigenvalue weighted by molar-refractivity contribution is 4.69. The predicted molar refractivity (Wildman–Crippen MR) is 65.1 cm³/mol. The van der Waals surface area contributed by atoms with Gasteiger partial charge in [-0.1, -0.05) is 0 Å². The van der Waals surface area contributed by atoms with E-state index >= 15 is 0 Å². The van der Waals surface area contributed by atoms with Crippen LogP contribution in [0.15, 0.2) is 0 Å². The van der Waals surface area contributed by atoms with Crippen LogP contribution >= 0.6 is 0 Å². The van der Waals surface area contributed by atoms with Gasteiger partial charge in [-0.25, -0.2) is 0 Å². The van der Waals surface area contributed by atoms with Crippen molar-refractivity contribution in [1.29, 1.82) is 0 Å². The second-order valence-corrected chi connectivity index (χ2v) is 4.39. The van der Waals surface area contributed by atoms with E-state index in [4.69, 9.17) is 5.73 Å². The zero-order valence-corrected chi connectivity index (χ0v) is 10.0. The highest BCUT2D eigenvalue weighted by atomic mass is 15.2. The number of hydrogen-bond acceptors (Lipinski definition) is 4. The topological polar surface area (TPSA) is 44.5 Å². The Kier molecular flexibility index (Phi) is 6.92. The first kappa shape index (κ1) is 12.9. The van der Waals surface area contributed by atoms with Crippen LogP contribution in [-0.4, -0.2) is 69.2 Å². The van der Waals surface area contributed by atoms with Crippen molar-refractivity contribution < 1.29 is 0 Å². The summed E-state index contributed by atoms with van der Waals surface area (Å²) in [6.45, 7) is 9.15. The summed E-state index contributed by atoms with van der Waals surface area (Å²) in [4.78, 5) is 4.96. The number of nitrogens with two attached hydrogens (primary N) is 1. The molecule has 1 rings (SSSR count). The Balaban J connectivity index is 1.87. The first-order chi connectivity index (χ1) is 7.33. The normalized spacial score (nSPS) is 19.6. The van der Waals surface area contributed by atoms with Crippen LogP contribution in [0.1, 0.15) is 12.8 Å². The van der Waals surface area contributed by atoms with Crippen LogP contribution in [0.2, 0.25) is 0 Å². The number of piperazine rings is 1. The van der Waals surface area contributed by atoms with E-state index in [-0.39, 0.29) is 0 Å². The third kappa shape index (κ3) is 6.10. The maximum Gasteiger partial charge on any atom is 0.0110 e. The highest BCUT2D eigenvalue weighted by Gasteiger charge is 2.12. The summed E-state index contributed by atoms with van der Waals surface area (Å²) in [7, 11) is 2.20. The molecule has 0 aromatic heterocycles. The van der Waals surface area contributed by atoms with Gasteiger partial charge in [0.05, 0.1) is 0 Å². The highest BCUT2D eigenvalue weighted by Crippen LogP contribution is 1.99. The van der Waals surface area contributed by atoms with Crippen molar-refractivity contribution in [3.05, 3.63) is 0 Å². The molecule has 4 nitrogen and oxygen atoms in total. The molecule has 0 saturated carbocycles. The minimum absolute atomic E-state index is 0.797. The van der Waals surface area contributed by atoms with Crippen molar-refractivity contribution in [3.63, 3.8) is 0 Å². The quantitative estimate of drug-likeness (QED) is 0.564. The first-order valence-corrected chi connectivity index (χ1v) is 6.14. The minimum Gasteiger partial charge on any atom is -0.330 e. The van der Waals surface area contributed by atoms with Crippen molar-refractivity contribution in [1.82, 2.24) is 15.1 Å². The molecule has 1 aliphatic rings. The van der Waals surface area contributed by atoms with Gasteiger partial charge in [-0.2, -0.15) is 0 Å². The SMILES string of the molecule is CN1CCN(CCCNCCCN)CC1. The van der Waals surface area contributed by atoms with Gasteiger partial charge in [-0.15, -0.1) is 0 Å². The van der Waals surface area contributed by atoms with Gasteiger partial charge in [-0.05, 0) is 46.1 Å². The fraction of sp³-hybridized carbons (Fsp3) is 1.00. The molecule has 4 heteroatoms. The molecular weight excluding hydrogens is 188 g/mol. The van der Waals surface area contributed by atoms with E-state index in [0.717, 1.165) is 26.1 Å². The summed E-state index contributed by atoms with van der Waals surface area (Å²) in [5.41, 5.74) is 5.42. The molecule has 1 saturated heterocycles. The van der Waals surface area contributed by atoms with Gasteiger partial charge in [0.25, 0.3) is 0 Å². The number of rotatable bonds is 7. The maximum absolute atomic E-state index is 5.42. The summed E-state index contributed by atoms with van der Waals surface area (Å²) >= 11 is 0. The molecule has 0 aromatic carbocycles. The van der Waals surface area contributed by atoms with Crippen LogP contribution in [0, 0.1) is 0 Å².